The molecule has 0 unspecified atom stereocenters. The van der Waals surface area contributed by atoms with Crippen molar-refractivity contribution < 1.29 is 19.7 Å². The van der Waals surface area contributed by atoms with Crippen molar-refractivity contribution in [2.24, 2.45) is 0 Å². The van der Waals surface area contributed by atoms with Crippen LogP contribution in [0.15, 0.2) is 0 Å². The van der Waals surface area contributed by atoms with Crippen molar-refractivity contribution in [1.82, 2.24) is 0 Å². The minimum atomic E-state index is 0. The van der Waals surface area contributed by atoms with E-state index >= 15 is 0 Å². The Bertz CT molecular complexity index is 8.00. The van der Waals surface area contributed by atoms with Crippen molar-refractivity contribution in [2.75, 3.05) is 0 Å². The molecule has 0 rings (SSSR count). The van der Waals surface area contributed by atoms with Gasteiger partial charge in [0, 0.05) is 0 Å². The maximum absolute atomic E-state index is 2.14. The van der Waals surface area contributed by atoms with Crippen LogP contribution >= 0.6 is 0 Å². The molecule has 0 spiro atoms. The molecule has 0 aromatic rings. The minimum absolute atomic E-state index is 0. The summed E-state index contributed by atoms with van der Waals surface area (Å²) in [5, 5.41) is 0. The van der Waals surface area contributed by atoms with Crippen LogP contribution in [0, 0.1) is 0 Å². The fourth-order valence-corrected chi connectivity index (χ4v) is 0. The number of hydrogen-bond acceptors (Lipinski definition) is 0. The Morgan fingerprint density at radius 3 is 1.25 bits per heavy atom. The van der Waals surface area contributed by atoms with Gasteiger partial charge >= 0.3 is 57.4 Å². The van der Waals surface area contributed by atoms with Gasteiger partial charge in [0.25, 0.3) is 0 Å². The van der Waals surface area contributed by atoms with Gasteiger partial charge in [0.15, 0.2) is 17.4 Å². The Labute approximate surface area is 73.6 Å². The van der Waals surface area contributed by atoms with Gasteiger partial charge in [-0.2, -0.15) is 0 Å². The van der Waals surface area contributed by atoms with Crippen LogP contribution in [-0.2, 0) is 19.7 Å². The van der Waals surface area contributed by atoms with Gasteiger partial charge in [-0.05, 0) is 0 Å². The summed E-state index contributed by atoms with van der Waals surface area (Å²) < 4.78 is 0. The molecule has 0 heterocycles. The van der Waals surface area contributed by atoms with E-state index in [1.54, 1.807) is 0 Å². The summed E-state index contributed by atoms with van der Waals surface area (Å²) in [5.41, 5.74) is 0. The Hall–Kier alpha value is 2.46. The average molecular weight is 133 g/mol. The Kier molecular flexibility index (Phi) is 72.1. The van der Waals surface area contributed by atoms with Crippen molar-refractivity contribution in [1.29, 1.82) is 0 Å². The Morgan fingerprint density at radius 1 is 1.25 bits per heavy atom. The second kappa shape index (κ2) is 17.9. The van der Waals surface area contributed by atoms with Gasteiger partial charge in [-0.25, -0.2) is 0 Å². The van der Waals surface area contributed by atoms with Crippen LogP contribution in [0.1, 0.15) is 0 Å². The van der Waals surface area contributed by atoms with E-state index in [1.807, 2.05) is 0 Å². The third-order valence-electron chi connectivity index (χ3n) is 0. The molecule has 0 saturated carbocycles. The van der Waals surface area contributed by atoms with Crippen molar-refractivity contribution in [3.63, 3.8) is 0 Å². The summed E-state index contributed by atoms with van der Waals surface area (Å²) in [6.45, 7) is 0. The third kappa shape index (κ3) is 8.82. The molecule has 0 nitrogen and oxygen atoms in total. The molecule has 4 heavy (non-hydrogen) atoms. The maximum atomic E-state index is 2.14. The van der Waals surface area contributed by atoms with Gasteiger partial charge in [-0.15, -0.1) is 0 Å². The first-order chi connectivity index (χ1) is 1.00. The van der Waals surface area contributed by atoms with Crippen LogP contribution in [0.25, 0.3) is 0 Å². The van der Waals surface area contributed by atoms with E-state index in [9.17, 15) is 0 Å². The van der Waals surface area contributed by atoms with E-state index in [0.717, 1.165) is 0 Å². The monoisotopic (exact) mass is 133 g/mol. The molecule has 0 amide bonds. The van der Waals surface area contributed by atoms with Crippen LogP contribution in [0.4, 0.5) is 0 Å². The van der Waals surface area contributed by atoms with Crippen molar-refractivity contribution in [2.45, 2.75) is 0 Å². The topological polar surface area (TPSA) is 0 Å². The first kappa shape index (κ1) is 16.1. The van der Waals surface area contributed by atoms with Crippen molar-refractivity contribution in [3.05, 3.63) is 0 Å². The summed E-state index contributed by atoms with van der Waals surface area (Å²) in [5.74, 6) is 0. The summed E-state index contributed by atoms with van der Waals surface area (Å²) in [7, 11) is 1.31. The zero-order chi connectivity index (χ0) is 2.00. The average Bonchev–Trinajstić information content (AvgIpc) is 1.00. The van der Waals surface area contributed by atoms with Gasteiger partial charge in [-0.3, -0.25) is 0 Å². The molecule has 0 bridgehead atoms. The summed E-state index contributed by atoms with van der Waals surface area (Å²) in [6.07, 6.45) is 0. The fourth-order valence-electron chi connectivity index (χ4n) is 0. The second-order valence-electron chi connectivity index (χ2n) is 0. The molecule has 0 aliphatic heterocycles. The van der Waals surface area contributed by atoms with Crippen LogP contribution < -0.4 is 0 Å². The molecule has 0 aliphatic carbocycles. The fraction of sp³-hybridized carbons (Fsp3) is 0. The Morgan fingerprint density at radius 2 is 1.25 bits per heavy atom. The van der Waals surface area contributed by atoms with Crippen LogP contribution in [0.3, 0.4) is 0 Å². The van der Waals surface area contributed by atoms with Crippen LogP contribution in [0.5, 0.6) is 0 Å². The Balaban J connectivity index is -0.00000000500. The zero-order valence-corrected chi connectivity index (χ0v) is 5.06. The van der Waals surface area contributed by atoms with Gasteiger partial charge in [0.05, 0.1) is 0 Å². The predicted molar refractivity (Wildman–Crippen MR) is 27.0 cm³/mol. The predicted octanol–water partition coefficient (Wildman–Crippen LogP) is -3.02. The molecule has 0 radical (unpaired) electrons. The van der Waals surface area contributed by atoms with Crippen LogP contribution in [-0.4, -0.2) is 55.0 Å². The van der Waals surface area contributed by atoms with Crippen LogP contribution in [0.2, 0.25) is 0 Å². The molecule has 0 N–H and O–H groups in total. The van der Waals surface area contributed by atoms with Gasteiger partial charge in [0.2, 0.25) is 0 Å². The molecule has 0 saturated heterocycles. The summed E-state index contributed by atoms with van der Waals surface area (Å²) in [4.78, 5) is 0. The number of rotatable bonds is 0. The zero-order valence-electron chi connectivity index (χ0n) is 1.50. The van der Waals surface area contributed by atoms with E-state index in [1.165, 1.54) is 8.11 Å². The molecule has 0 aliphatic rings. The first-order valence-corrected chi connectivity index (χ1v) is 6.18. The molecule has 4 heteroatoms. The van der Waals surface area contributed by atoms with E-state index < -0.39 is 0 Å². The first-order valence-electron chi connectivity index (χ1n) is 0.500. The van der Waals surface area contributed by atoms with Gasteiger partial charge < -0.3 is 0 Å². The SMILES string of the molecule is [AlH3].[NaH].[SiH3][Ti]. The van der Waals surface area contributed by atoms with Crippen molar-refractivity contribution >= 4 is 55.0 Å². The summed E-state index contributed by atoms with van der Waals surface area (Å²) >= 11 is 2.14. The van der Waals surface area contributed by atoms with E-state index in [2.05, 4.69) is 19.7 Å². The third-order valence-corrected chi connectivity index (χ3v) is 0. The van der Waals surface area contributed by atoms with E-state index in [4.69, 9.17) is 0 Å². The molecule has 0 fully saturated rings. The molecule has 0 aromatic carbocycles. The molecule has 0 atom stereocenters. The number of hydrogen-bond donors (Lipinski definition) is 0. The quantitative estimate of drug-likeness (QED) is 0.308. The van der Waals surface area contributed by atoms with Gasteiger partial charge in [-0.1, -0.05) is 0 Å². The molecule has 0 aromatic heterocycles. The van der Waals surface area contributed by atoms with Gasteiger partial charge in [0.1, 0.15) is 0 Å². The second-order valence-corrected chi connectivity index (χ2v) is 0. The molecular formula is H7AlNaSiTi. The standard InChI is InChI=1S/Al.Na.H3Si.Ti.4H/h;;1H3;;;;;. The van der Waals surface area contributed by atoms with Crippen molar-refractivity contribution in [3.8, 4) is 0 Å². The normalized spacial score (nSPS) is 1.75. The molecular weight excluding hydrogens is 126 g/mol. The molecule has 19 valence electrons. The van der Waals surface area contributed by atoms with E-state index in [0.29, 0.717) is 0 Å². The van der Waals surface area contributed by atoms with E-state index in [-0.39, 0.29) is 46.9 Å². The summed E-state index contributed by atoms with van der Waals surface area (Å²) in [6, 6.07) is 0.